The molecule has 0 bridgehead atoms. The van der Waals surface area contributed by atoms with E-state index in [1.165, 1.54) is 0 Å². The lowest BCUT2D eigenvalue weighted by Crippen LogP contribution is -2.34. The number of aryl methyl sites for hydroxylation is 1. The van der Waals surface area contributed by atoms with Gasteiger partial charge < -0.3 is 10.6 Å². The highest BCUT2D eigenvalue weighted by atomic mass is 16.1. The van der Waals surface area contributed by atoms with E-state index in [1.54, 1.807) is 0 Å². The van der Waals surface area contributed by atoms with E-state index in [9.17, 15) is 4.79 Å². The molecule has 0 aliphatic carbocycles. The van der Waals surface area contributed by atoms with Gasteiger partial charge in [-0.15, -0.1) is 0 Å². The van der Waals surface area contributed by atoms with Crippen LogP contribution in [0.15, 0.2) is 12.4 Å². The lowest BCUT2D eigenvalue weighted by molar-refractivity contribution is 0.0940. The fourth-order valence-corrected chi connectivity index (χ4v) is 2.98. The van der Waals surface area contributed by atoms with Gasteiger partial charge in [-0.25, -0.2) is 9.97 Å². The molecule has 1 aliphatic rings. The van der Waals surface area contributed by atoms with Crippen molar-refractivity contribution in [2.45, 2.75) is 53.1 Å². The largest absolute Gasteiger partial charge is 0.366 e. The number of anilines is 1. The van der Waals surface area contributed by atoms with Crippen molar-refractivity contribution < 1.29 is 4.79 Å². The van der Waals surface area contributed by atoms with Gasteiger partial charge in [0, 0.05) is 43.4 Å². The zero-order valence-corrected chi connectivity index (χ0v) is 15.2. The molecule has 0 radical (unpaired) electrons. The van der Waals surface area contributed by atoms with Gasteiger partial charge in [0.25, 0.3) is 5.91 Å². The number of fused-ring (bicyclic) bond motifs is 1. The second-order valence-electron chi connectivity index (χ2n) is 6.88. The minimum Gasteiger partial charge on any atom is -0.366 e. The molecule has 2 aromatic rings. The standard InChI is InChI=1S/C18H26N6O/c1-4-7-24-11-13(10-21-24)9-20-17-14-5-6-19-18(25)16(14)22-15(23-17)8-12(2)3/h10-12H,4-9H2,1-3H3,(H,19,25)(H,20,22,23). The van der Waals surface area contributed by atoms with Crippen LogP contribution in [0.2, 0.25) is 0 Å². The maximum absolute atomic E-state index is 12.2. The number of amides is 1. The normalized spacial score (nSPS) is 13.7. The van der Waals surface area contributed by atoms with E-state index in [0.29, 0.717) is 24.7 Å². The number of nitrogens with one attached hydrogen (secondary N) is 2. The third kappa shape index (κ3) is 4.15. The van der Waals surface area contributed by atoms with Crippen molar-refractivity contribution in [3.63, 3.8) is 0 Å². The van der Waals surface area contributed by atoms with E-state index in [1.807, 2.05) is 17.1 Å². The van der Waals surface area contributed by atoms with Gasteiger partial charge in [-0.3, -0.25) is 9.48 Å². The Morgan fingerprint density at radius 3 is 2.96 bits per heavy atom. The number of rotatable bonds is 7. The Balaban J connectivity index is 1.83. The summed E-state index contributed by atoms with van der Waals surface area (Å²) in [6.07, 6.45) is 6.48. The van der Waals surface area contributed by atoms with Crippen molar-refractivity contribution >= 4 is 11.7 Å². The number of hydrogen-bond donors (Lipinski definition) is 2. The summed E-state index contributed by atoms with van der Waals surface area (Å²) in [6, 6.07) is 0. The first kappa shape index (κ1) is 17.4. The van der Waals surface area contributed by atoms with Crippen LogP contribution in [0.3, 0.4) is 0 Å². The summed E-state index contributed by atoms with van der Waals surface area (Å²) in [5.41, 5.74) is 2.53. The second kappa shape index (κ2) is 7.63. The Morgan fingerprint density at radius 1 is 1.36 bits per heavy atom. The average molecular weight is 342 g/mol. The highest BCUT2D eigenvalue weighted by Gasteiger charge is 2.23. The Hall–Kier alpha value is -2.44. The smallest absolute Gasteiger partial charge is 0.270 e. The fourth-order valence-electron chi connectivity index (χ4n) is 2.98. The minimum atomic E-state index is -0.104. The lowest BCUT2D eigenvalue weighted by Gasteiger charge is -2.20. The van der Waals surface area contributed by atoms with Crippen molar-refractivity contribution in [1.29, 1.82) is 0 Å². The zero-order valence-electron chi connectivity index (χ0n) is 15.2. The SMILES string of the molecule is CCCn1cc(CNc2nc(CC(C)C)nc3c2CCNC3=O)cn1. The summed E-state index contributed by atoms with van der Waals surface area (Å²) in [5.74, 6) is 1.83. The fraction of sp³-hybridized carbons (Fsp3) is 0.556. The second-order valence-corrected chi connectivity index (χ2v) is 6.88. The molecule has 0 atom stereocenters. The van der Waals surface area contributed by atoms with Crippen molar-refractivity contribution in [2.75, 3.05) is 11.9 Å². The van der Waals surface area contributed by atoms with Gasteiger partial charge in [0.15, 0.2) is 0 Å². The number of carbonyl (C=O) groups excluding carboxylic acids is 1. The number of nitrogens with zero attached hydrogens (tertiary/aromatic N) is 4. The molecule has 0 fully saturated rings. The highest BCUT2D eigenvalue weighted by molar-refractivity contribution is 5.95. The summed E-state index contributed by atoms with van der Waals surface area (Å²) in [4.78, 5) is 21.4. The Bertz CT molecular complexity index is 752. The molecule has 1 amide bonds. The van der Waals surface area contributed by atoms with Crippen LogP contribution in [0.5, 0.6) is 0 Å². The number of aromatic nitrogens is 4. The molecule has 0 saturated carbocycles. The van der Waals surface area contributed by atoms with E-state index < -0.39 is 0 Å². The number of carbonyl (C=O) groups is 1. The molecular weight excluding hydrogens is 316 g/mol. The van der Waals surface area contributed by atoms with E-state index >= 15 is 0 Å². The van der Waals surface area contributed by atoms with Gasteiger partial charge in [0.05, 0.1) is 6.20 Å². The highest BCUT2D eigenvalue weighted by Crippen LogP contribution is 2.22. The van der Waals surface area contributed by atoms with Crippen LogP contribution in [0.4, 0.5) is 5.82 Å². The molecule has 134 valence electrons. The van der Waals surface area contributed by atoms with Crippen LogP contribution >= 0.6 is 0 Å². The van der Waals surface area contributed by atoms with Crippen LogP contribution in [-0.4, -0.2) is 32.2 Å². The molecule has 1 aliphatic heterocycles. The molecule has 2 aromatic heterocycles. The molecule has 3 heterocycles. The summed E-state index contributed by atoms with van der Waals surface area (Å²) in [7, 11) is 0. The summed E-state index contributed by atoms with van der Waals surface area (Å²) in [5, 5.41) is 10.6. The minimum absolute atomic E-state index is 0.104. The van der Waals surface area contributed by atoms with E-state index in [0.717, 1.165) is 48.6 Å². The van der Waals surface area contributed by atoms with Gasteiger partial charge in [0.2, 0.25) is 0 Å². The van der Waals surface area contributed by atoms with E-state index in [4.69, 9.17) is 0 Å². The molecule has 0 aromatic carbocycles. The molecule has 7 nitrogen and oxygen atoms in total. The van der Waals surface area contributed by atoms with Crippen LogP contribution in [0, 0.1) is 5.92 Å². The Kier molecular flexibility index (Phi) is 5.31. The predicted octanol–water partition coefficient (Wildman–Crippen LogP) is 2.18. The van der Waals surface area contributed by atoms with Gasteiger partial charge in [0.1, 0.15) is 17.3 Å². The van der Waals surface area contributed by atoms with Crippen molar-refractivity contribution in [1.82, 2.24) is 25.1 Å². The lowest BCUT2D eigenvalue weighted by atomic mass is 10.0. The maximum atomic E-state index is 12.2. The van der Waals surface area contributed by atoms with Crippen LogP contribution in [0.1, 0.15) is 54.6 Å². The quantitative estimate of drug-likeness (QED) is 0.805. The van der Waals surface area contributed by atoms with Gasteiger partial charge >= 0.3 is 0 Å². The van der Waals surface area contributed by atoms with Gasteiger partial charge in [-0.05, 0) is 18.8 Å². The molecular formula is C18H26N6O. The van der Waals surface area contributed by atoms with Crippen molar-refractivity contribution in [3.8, 4) is 0 Å². The monoisotopic (exact) mass is 342 g/mol. The molecule has 0 unspecified atom stereocenters. The molecule has 7 heteroatoms. The third-order valence-electron chi connectivity index (χ3n) is 4.12. The first-order valence-electron chi connectivity index (χ1n) is 9.00. The summed E-state index contributed by atoms with van der Waals surface area (Å²) < 4.78 is 1.95. The Labute approximate surface area is 148 Å². The van der Waals surface area contributed by atoms with E-state index in [2.05, 4.69) is 46.5 Å². The number of hydrogen-bond acceptors (Lipinski definition) is 5. The van der Waals surface area contributed by atoms with Gasteiger partial charge in [-0.1, -0.05) is 20.8 Å². The van der Waals surface area contributed by atoms with Gasteiger partial charge in [-0.2, -0.15) is 5.10 Å². The van der Waals surface area contributed by atoms with Crippen LogP contribution < -0.4 is 10.6 Å². The van der Waals surface area contributed by atoms with Crippen LogP contribution in [0.25, 0.3) is 0 Å². The first-order valence-corrected chi connectivity index (χ1v) is 9.00. The van der Waals surface area contributed by atoms with Crippen molar-refractivity contribution in [3.05, 3.63) is 35.0 Å². The molecule has 0 spiro atoms. The average Bonchev–Trinajstić information content (AvgIpc) is 3.01. The molecule has 25 heavy (non-hydrogen) atoms. The zero-order chi connectivity index (χ0) is 17.8. The predicted molar refractivity (Wildman–Crippen MR) is 96.5 cm³/mol. The topological polar surface area (TPSA) is 84.7 Å². The Morgan fingerprint density at radius 2 is 2.20 bits per heavy atom. The molecule has 2 N–H and O–H groups in total. The third-order valence-corrected chi connectivity index (χ3v) is 4.12. The molecule has 3 rings (SSSR count). The molecule has 0 saturated heterocycles. The summed E-state index contributed by atoms with van der Waals surface area (Å²) in [6.45, 7) is 8.56. The first-order chi connectivity index (χ1) is 12.1. The van der Waals surface area contributed by atoms with E-state index in [-0.39, 0.29) is 5.91 Å². The summed E-state index contributed by atoms with van der Waals surface area (Å²) >= 11 is 0. The van der Waals surface area contributed by atoms with Crippen molar-refractivity contribution in [2.24, 2.45) is 5.92 Å². The van der Waals surface area contributed by atoms with Crippen LogP contribution in [-0.2, 0) is 25.9 Å². The maximum Gasteiger partial charge on any atom is 0.270 e.